The van der Waals surface area contributed by atoms with Crippen LogP contribution in [0, 0.1) is 0 Å². The third-order valence-corrected chi connectivity index (χ3v) is 10.5. The molecule has 2 unspecified atom stereocenters. The summed E-state index contributed by atoms with van der Waals surface area (Å²) in [4.78, 5) is 2.54. The minimum absolute atomic E-state index is 0.221. The Morgan fingerprint density at radius 1 is 0.511 bits per heavy atom. The fraction of sp³-hybridized carbons (Fsp3) is 0.0455. The van der Waals surface area contributed by atoms with E-state index in [2.05, 4.69) is 167 Å². The topological polar surface area (TPSA) is 21.3 Å². The van der Waals surface area contributed by atoms with E-state index in [1.807, 2.05) is 0 Å². The first-order valence-corrected chi connectivity index (χ1v) is 16.4. The van der Waals surface area contributed by atoms with Gasteiger partial charge in [0.05, 0.1) is 28.5 Å². The van der Waals surface area contributed by atoms with E-state index < -0.39 is 0 Å². The van der Waals surface area contributed by atoms with Gasteiger partial charge in [-0.3, -0.25) is 0 Å². The number of aromatic nitrogens is 1. The zero-order chi connectivity index (χ0) is 30.6. The number of hydrogen-bond donors (Lipinski definition) is 0. The Morgan fingerprint density at radius 3 is 2.15 bits per heavy atom. The van der Waals surface area contributed by atoms with Crippen LogP contribution in [0.1, 0.15) is 11.5 Å². The van der Waals surface area contributed by atoms with Gasteiger partial charge in [-0.15, -0.1) is 0 Å². The lowest BCUT2D eigenvalue weighted by Gasteiger charge is -2.29. The summed E-state index contributed by atoms with van der Waals surface area (Å²) < 4.78 is 9.19. The molecule has 0 radical (unpaired) electrons. The van der Waals surface area contributed by atoms with Gasteiger partial charge in [0, 0.05) is 55.4 Å². The quantitative estimate of drug-likeness (QED) is 0.197. The van der Waals surface area contributed by atoms with E-state index in [1.54, 1.807) is 0 Å². The highest BCUT2D eigenvalue weighted by atomic mass is 16.3. The molecule has 0 saturated carbocycles. The number of para-hydroxylation sites is 2. The summed E-state index contributed by atoms with van der Waals surface area (Å²) in [5, 5.41) is 9.63. The van der Waals surface area contributed by atoms with Crippen LogP contribution in [-0.2, 0) is 0 Å². The number of allylic oxidation sites excluding steroid dienone is 2. The molecule has 3 heterocycles. The second-order valence-corrected chi connectivity index (χ2v) is 12.9. The van der Waals surface area contributed by atoms with Crippen LogP contribution in [-0.4, -0.2) is 10.6 Å². The molecule has 3 heteroatoms. The zero-order valence-electron chi connectivity index (χ0n) is 25.5. The van der Waals surface area contributed by atoms with Gasteiger partial charge in [0.15, 0.2) is 0 Å². The van der Waals surface area contributed by atoms with Gasteiger partial charge in [-0.25, -0.2) is 0 Å². The molecule has 47 heavy (non-hydrogen) atoms. The fourth-order valence-electron chi connectivity index (χ4n) is 8.46. The standard InChI is InChI=1S/C44H28N2O/c1-2-13-28(14-3-1)45-38-20-10-9-18-32(38)37-25-40(30-16-6-7-19-33(30)43(37)45)46-39-21-11-8-17-31(39)35-24-36-34-23-22-27-12-4-5-15-29(27)44(34)47-42(36)26-41(35)46/h1-26,32,38H. The molecule has 220 valence electrons. The largest absolute Gasteiger partial charge is 0.455 e. The molecule has 0 bridgehead atoms. The molecule has 1 aliphatic heterocycles. The van der Waals surface area contributed by atoms with Crippen molar-refractivity contribution in [1.82, 2.24) is 4.57 Å². The number of benzene rings is 7. The predicted octanol–water partition coefficient (Wildman–Crippen LogP) is 11.7. The molecule has 9 aromatic rings. The van der Waals surface area contributed by atoms with Gasteiger partial charge < -0.3 is 13.9 Å². The van der Waals surface area contributed by atoms with E-state index in [-0.39, 0.29) is 12.0 Å². The lowest BCUT2D eigenvalue weighted by atomic mass is 9.90. The molecule has 2 aromatic heterocycles. The van der Waals surface area contributed by atoms with E-state index in [0.29, 0.717) is 0 Å². The van der Waals surface area contributed by atoms with Crippen LogP contribution in [0.5, 0.6) is 0 Å². The van der Waals surface area contributed by atoms with Crippen molar-refractivity contribution in [2.75, 3.05) is 4.90 Å². The maximum Gasteiger partial charge on any atom is 0.143 e. The third kappa shape index (κ3) is 3.35. The van der Waals surface area contributed by atoms with Crippen LogP contribution in [0.2, 0.25) is 0 Å². The average Bonchev–Trinajstić information content (AvgIpc) is 3.78. The summed E-state index contributed by atoms with van der Waals surface area (Å²) in [7, 11) is 0. The van der Waals surface area contributed by atoms with Crippen LogP contribution < -0.4 is 4.90 Å². The first-order chi connectivity index (χ1) is 23.3. The van der Waals surface area contributed by atoms with Crippen LogP contribution in [0.3, 0.4) is 0 Å². The number of furan rings is 1. The van der Waals surface area contributed by atoms with Crippen LogP contribution in [0.15, 0.2) is 162 Å². The van der Waals surface area contributed by atoms with Crippen molar-refractivity contribution < 1.29 is 4.42 Å². The summed E-state index contributed by atoms with van der Waals surface area (Å²) in [5.41, 5.74) is 9.29. The van der Waals surface area contributed by atoms with Crippen molar-refractivity contribution in [1.29, 1.82) is 0 Å². The molecule has 0 saturated heterocycles. The van der Waals surface area contributed by atoms with E-state index in [1.165, 1.54) is 55.1 Å². The molecular formula is C44H28N2O. The minimum atomic E-state index is 0.221. The Kier molecular flexibility index (Phi) is 4.95. The van der Waals surface area contributed by atoms with Gasteiger partial charge >= 0.3 is 0 Å². The summed E-state index contributed by atoms with van der Waals surface area (Å²) in [5.74, 6) is 0.252. The van der Waals surface area contributed by atoms with Gasteiger partial charge in [0.2, 0.25) is 0 Å². The van der Waals surface area contributed by atoms with Crippen molar-refractivity contribution in [2.24, 2.45) is 0 Å². The molecule has 3 nitrogen and oxygen atoms in total. The molecule has 0 N–H and O–H groups in total. The summed E-state index contributed by atoms with van der Waals surface area (Å²) in [6.45, 7) is 0. The minimum Gasteiger partial charge on any atom is -0.455 e. The number of hydrogen-bond acceptors (Lipinski definition) is 2. The first kappa shape index (κ1) is 25.2. The highest BCUT2D eigenvalue weighted by molar-refractivity contribution is 6.21. The van der Waals surface area contributed by atoms with E-state index >= 15 is 0 Å². The van der Waals surface area contributed by atoms with E-state index in [9.17, 15) is 0 Å². The molecule has 2 atom stereocenters. The van der Waals surface area contributed by atoms with Crippen molar-refractivity contribution in [3.05, 3.63) is 163 Å². The fourth-order valence-corrected chi connectivity index (χ4v) is 8.46. The van der Waals surface area contributed by atoms with Crippen molar-refractivity contribution in [3.63, 3.8) is 0 Å². The molecule has 11 rings (SSSR count). The summed E-state index contributed by atoms with van der Waals surface area (Å²) >= 11 is 0. The molecule has 1 aliphatic carbocycles. The van der Waals surface area contributed by atoms with Crippen LogP contribution in [0.25, 0.3) is 71.0 Å². The highest BCUT2D eigenvalue weighted by Crippen LogP contribution is 2.52. The molecule has 0 spiro atoms. The van der Waals surface area contributed by atoms with Gasteiger partial charge in [-0.2, -0.15) is 0 Å². The van der Waals surface area contributed by atoms with Gasteiger partial charge in [0.25, 0.3) is 0 Å². The Balaban J connectivity index is 1.25. The molecule has 7 aromatic carbocycles. The number of nitrogens with zero attached hydrogens (tertiary/aromatic N) is 2. The Bertz CT molecular complexity index is 2820. The highest BCUT2D eigenvalue weighted by Gasteiger charge is 2.39. The second kappa shape index (κ2) is 9.24. The predicted molar refractivity (Wildman–Crippen MR) is 196 cm³/mol. The van der Waals surface area contributed by atoms with Gasteiger partial charge in [0.1, 0.15) is 11.2 Å². The lowest BCUT2D eigenvalue weighted by Crippen LogP contribution is -2.28. The van der Waals surface area contributed by atoms with Crippen molar-refractivity contribution in [2.45, 2.75) is 12.0 Å². The molecular weight excluding hydrogens is 572 g/mol. The van der Waals surface area contributed by atoms with Gasteiger partial charge in [-0.1, -0.05) is 115 Å². The number of anilines is 2. The molecule has 0 amide bonds. The number of rotatable bonds is 2. The van der Waals surface area contributed by atoms with Crippen LogP contribution in [0.4, 0.5) is 11.4 Å². The lowest BCUT2D eigenvalue weighted by molar-refractivity contribution is 0.673. The average molecular weight is 601 g/mol. The maximum atomic E-state index is 6.72. The second-order valence-electron chi connectivity index (χ2n) is 12.9. The molecule has 0 fully saturated rings. The Labute approximate surface area is 270 Å². The van der Waals surface area contributed by atoms with Gasteiger partial charge in [-0.05, 0) is 47.3 Å². The van der Waals surface area contributed by atoms with E-state index in [0.717, 1.165) is 32.8 Å². The summed E-state index contributed by atoms with van der Waals surface area (Å²) in [6.07, 6.45) is 9.13. The zero-order valence-corrected chi connectivity index (χ0v) is 25.5. The smallest absolute Gasteiger partial charge is 0.143 e. The van der Waals surface area contributed by atoms with Crippen LogP contribution >= 0.6 is 0 Å². The number of fused-ring (bicyclic) bond motifs is 13. The molecule has 2 aliphatic rings. The summed E-state index contributed by atoms with van der Waals surface area (Å²) in [6, 6.07) is 48.8. The monoisotopic (exact) mass is 600 g/mol. The normalized spacial score (nSPS) is 17.1. The Morgan fingerprint density at radius 2 is 1.26 bits per heavy atom. The SMILES string of the molecule is C1=CC2c3cc(-n4c5ccccc5c5cc6c(cc54)oc4c5ccccc5ccc64)c4ccccc4c3N(c3ccccc3)C2C=C1. The Hall–Kier alpha value is -6.06. The maximum absolute atomic E-state index is 6.72. The third-order valence-electron chi connectivity index (χ3n) is 10.5. The van der Waals surface area contributed by atoms with E-state index in [4.69, 9.17) is 4.42 Å². The van der Waals surface area contributed by atoms with Crippen molar-refractivity contribution >= 4 is 76.7 Å². The van der Waals surface area contributed by atoms with Crippen molar-refractivity contribution in [3.8, 4) is 5.69 Å². The first-order valence-electron chi connectivity index (χ1n) is 16.4.